The number of para-hydroxylation sites is 1. The number of hydrogen-bond acceptors (Lipinski definition) is 3. The van der Waals surface area contributed by atoms with Crippen LogP contribution in [0.2, 0.25) is 0 Å². The topological polar surface area (TPSA) is 50.7 Å². The second kappa shape index (κ2) is 5.80. The van der Waals surface area contributed by atoms with Gasteiger partial charge in [-0.3, -0.25) is 4.79 Å². The number of amides is 1. The molecule has 4 nitrogen and oxygen atoms in total. The Morgan fingerprint density at radius 2 is 2.27 bits per heavy atom. The van der Waals surface area contributed by atoms with Gasteiger partial charge in [0.2, 0.25) is 0 Å². The lowest BCUT2D eigenvalue weighted by atomic mass is 10.2. The predicted octanol–water partition coefficient (Wildman–Crippen LogP) is 1.50. The molecule has 4 heteroatoms. The van der Waals surface area contributed by atoms with Gasteiger partial charge in [-0.15, -0.1) is 0 Å². The molecule has 0 aliphatic rings. The fraction of sp³-hybridized carbons (Fsp3) is 0.273. The second-order valence-electron chi connectivity index (χ2n) is 2.98. The van der Waals surface area contributed by atoms with Crippen molar-refractivity contribution in [3.8, 4) is 5.75 Å². The average Bonchev–Trinajstić information content (AvgIpc) is 2.25. The molecule has 80 valence electrons. The maximum absolute atomic E-state index is 11.1. The van der Waals surface area contributed by atoms with Gasteiger partial charge < -0.3 is 4.74 Å². The second-order valence-corrected chi connectivity index (χ2v) is 2.98. The highest BCUT2D eigenvalue weighted by molar-refractivity contribution is 5.78. The Labute approximate surface area is 88.9 Å². The molecule has 15 heavy (non-hydrogen) atoms. The van der Waals surface area contributed by atoms with Crippen LogP contribution in [-0.4, -0.2) is 18.7 Å². The number of hydrogen-bond donors (Lipinski definition) is 1. The van der Waals surface area contributed by atoms with Gasteiger partial charge in [-0.2, -0.15) is 5.10 Å². The number of ether oxygens (including phenoxy) is 1. The number of aryl methyl sites for hydroxylation is 1. The maximum Gasteiger partial charge on any atom is 0.277 e. The Balaban J connectivity index is 2.44. The van der Waals surface area contributed by atoms with Crippen LogP contribution < -0.4 is 10.2 Å². The van der Waals surface area contributed by atoms with Crippen LogP contribution in [0.3, 0.4) is 0 Å². The minimum atomic E-state index is -0.267. The summed E-state index contributed by atoms with van der Waals surface area (Å²) in [7, 11) is 0. The van der Waals surface area contributed by atoms with Crippen LogP contribution in [-0.2, 0) is 4.79 Å². The standard InChI is InChI=1S/C11H14N2O2/c1-3-12-13-11(14)8-15-10-7-5-4-6-9(10)2/h3-7H,8H2,1-2H3,(H,13,14)/b12-3+. The quantitative estimate of drug-likeness (QED) is 0.599. The smallest absolute Gasteiger partial charge is 0.277 e. The van der Waals surface area contributed by atoms with Crippen LogP contribution in [0.1, 0.15) is 12.5 Å². The van der Waals surface area contributed by atoms with E-state index in [0.29, 0.717) is 5.75 Å². The van der Waals surface area contributed by atoms with Crippen LogP contribution in [0.15, 0.2) is 29.4 Å². The summed E-state index contributed by atoms with van der Waals surface area (Å²) < 4.78 is 5.31. The lowest BCUT2D eigenvalue weighted by Gasteiger charge is -2.07. The van der Waals surface area contributed by atoms with Crippen molar-refractivity contribution in [2.75, 3.05) is 6.61 Å². The van der Waals surface area contributed by atoms with E-state index >= 15 is 0 Å². The van der Waals surface area contributed by atoms with E-state index in [0.717, 1.165) is 5.56 Å². The van der Waals surface area contributed by atoms with Crippen molar-refractivity contribution in [2.45, 2.75) is 13.8 Å². The molecule has 1 N–H and O–H groups in total. The van der Waals surface area contributed by atoms with Gasteiger partial charge in [0.25, 0.3) is 5.91 Å². The van der Waals surface area contributed by atoms with Gasteiger partial charge in [-0.1, -0.05) is 18.2 Å². The molecule has 0 aliphatic carbocycles. The molecule has 0 atom stereocenters. The first-order valence-electron chi connectivity index (χ1n) is 4.69. The molecule has 1 aromatic carbocycles. The van der Waals surface area contributed by atoms with E-state index in [2.05, 4.69) is 10.5 Å². The van der Waals surface area contributed by atoms with Gasteiger partial charge in [0.15, 0.2) is 6.61 Å². The SMILES string of the molecule is C/C=N/NC(=O)COc1ccccc1C. The van der Waals surface area contributed by atoms with Gasteiger partial charge in [0.05, 0.1) is 0 Å². The van der Waals surface area contributed by atoms with Crippen molar-refractivity contribution < 1.29 is 9.53 Å². The molecule has 1 aromatic rings. The number of carbonyl (C=O) groups excluding carboxylic acids is 1. The number of benzene rings is 1. The lowest BCUT2D eigenvalue weighted by Crippen LogP contribution is -2.24. The number of hydrazone groups is 1. The summed E-state index contributed by atoms with van der Waals surface area (Å²) in [6.45, 7) is 3.63. The third kappa shape index (κ3) is 3.81. The zero-order valence-corrected chi connectivity index (χ0v) is 8.86. The summed E-state index contributed by atoms with van der Waals surface area (Å²) in [6, 6.07) is 7.54. The summed E-state index contributed by atoms with van der Waals surface area (Å²) in [6.07, 6.45) is 1.51. The lowest BCUT2D eigenvalue weighted by molar-refractivity contribution is -0.123. The number of nitrogens with zero attached hydrogens (tertiary/aromatic N) is 1. The summed E-state index contributed by atoms with van der Waals surface area (Å²) >= 11 is 0. The molecule has 0 saturated carbocycles. The van der Waals surface area contributed by atoms with E-state index in [1.165, 1.54) is 6.21 Å². The Morgan fingerprint density at radius 1 is 1.53 bits per heavy atom. The van der Waals surface area contributed by atoms with Gasteiger partial charge in [0.1, 0.15) is 5.75 Å². The molecule has 0 spiro atoms. The number of rotatable bonds is 4. The Kier molecular flexibility index (Phi) is 4.34. The van der Waals surface area contributed by atoms with Crippen LogP contribution in [0.25, 0.3) is 0 Å². The first-order chi connectivity index (χ1) is 7.24. The maximum atomic E-state index is 11.1. The number of nitrogens with one attached hydrogen (secondary N) is 1. The molecule has 0 radical (unpaired) electrons. The summed E-state index contributed by atoms with van der Waals surface area (Å²) in [5, 5.41) is 3.60. The van der Waals surface area contributed by atoms with E-state index in [-0.39, 0.29) is 12.5 Å². The zero-order chi connectivity index (χ0) is 11.1. The van der Waals surface area contributed by atoms with Crippen molar-refractivity contribution in [3.63, 3.8) is 0 Å². The highest BCUT2D eigenvalue weighted by Gasteiger charge is 2.02. The average molecular weight is 206 g/mol. The Morgan fingerprint density at radius 3 is 2.93 bits per heavy atom. The molecule has 0 aliphatic heterocycles. The van der Waals surface area contributed by atoms with Crippen molar-refractivity contribution in [3.05, 3.63) is 29.8 Å². The third-order valence-corrected chi connectivity index (χ3v) is 1.77. The van der Waals surface area contributed by atoms with Crippen molar-refractivity contribution in [1.82, 2.24) is 5.43 Å². The summed E-state index contributed by atoms with van der Waals surface area (Å²) in [4.78, 5) is 11.1. The molecule has 0 fully saturated rings. The fourth-order valence-corrected chi connectivity index (χ4v) is 1.03. The van der Waals surface area contributed by atoms with Crippen molar-refractivity contribution in [2.24, 2.45) is 5.10 Å². The Hall–Kier alpha value is -1.84. The molecule has 0 unspecified atom stereocenters. The molecule has 0 heterocycles. The molecule has 0 saturated heterocycles. The molecule has 1 amide bonds. The molecule has 1 rings (SSSR count). The van der Waals surface area contributed by atoms with E-state index in [1.54, 1.807) is 6.92 Å². The Bertz CT molecular complexity index is 361. The van der Waals surface area contributed by atoms with Gasteiger partial charge in [-0.05, 0) is 25.5 Å². The summed E-state index contributed by atoms with van der Waals surface area (Å²) in [5.41, 5.74) is 3.33. The fourth-order valence-electron chi connectivity index (χ4n) is 1.03. The number of carbonyl (C=O) groups is 1. The van der Waals surface area contributed by atoms with E-state index in [9.17, 15) is 4.79 Å². The van der Waals surface area contributed by atoms with Crippen molar-refractivity contribution >= 4 is 12.1 Å². The third-order valence-electron chi connectivity index (χ3n) is 1.77. The van der Waals surface area contributed by atoms with E-state index < -0.39 is 0 Å². The minimum absolute atomic E-state index is 0.0256. The highest BCUT2D eigenvalue weighted by Crippen LogP contribution is 2.15. The largest absolute Gasteiger partial charge is 0.483 e. The van der Waals surface area contributed by atoms with Gasteiger partial charge >= 0.3 is 0 Å². The zero-order valence-electron chi connectivity index (χ0n) is 8.86. The molecular formula is C11H14N2O2. The molecular weight excluding hydrogens is 192 g/mol. The van der Waals surface area contributed by atoms with Crippen LogP contribution in [0.4, 0.5) is 0 Å². The molecule has 0 bridgehead atoms. The molecule has 0 aromatic heterocycles. The van der Waals surface area contributed by atoms with Crippen LogP contribution in [0.5, 0.6) is 5.75 Å². The van der Waals surface area contributed by atoms with E-state index in [4.69, 9.17) is 4.74 Å². The highest BCUT2D eigenvalue weighted by atomic mass is 16.5. The predicted molar refractivity (Wildman–Crippen MR) is 59.0 cm³/mol. The van der Waals surface area contributed by atoms with Crippen LogP contribution >= 0.6 is 0 Å². The first-order valence-corrected chi connectivity index (χ1v) is 4.69. The van der Waals surface area contributed by atoms with Crippen molar-refractivity contribution in [1.29, 1.82) is 0 Å². The van der Waals surface area contributed by atoms with E-state index in [1.807, 2.05) is 31.2 Å². The normalized spacial score (nSPS) is 10.3. The monoisotopic (exact) mass is 206 g/mol. The van der Waals surface area contributed by atoms with Gasteiger partial charge in [0, 0.05) is 6.21 Å². The van der Waals surface area contributed by atoms with Crippen LogP contribution in [0, 0.1) is 6.92 Å². The minimum Gasteiger partial charge on any atom is -0.483 e. The summed E-state index contributed by atoms with van der Waals surface area (Å²) in [5.74, 6) is 0.449. The first kappa shape index (κ1) is 11.2. The van der Waals surface area contributed by atoms with Gasteiger partial charge in [-0.25, -0.2) is 5.43 Å².